The van der Waals surface area contributed by atoms with Crippen molar-refractivity contribution in [1.29, 1.82) is 5.26 Å². The highest BCUT2D eigenvalue weighted by Gasteiger charge is 2.49. The van der Waals surface area contributed by atoms with Crippen molar-refractivity contribution in [2.24, 2.45) is 0 Å². The van der Waals surface area contributed by atoms with Crippen molar-refractivity contribution in [2.75, 3.05) is 19.3 Å². The summed E-state index contributed by atoms with van der Waals surface area (Å²) in [6.07, 6.45) is 1.61. The van der Waals surface area contributed by atoms with Gasteiger partial charge in [-0.3, -0.25) is 9.67 Å². The molecule has 0 unspecified atom stereocenters. The molecule has 0 N–H and O–H groups in total. The van der Waals surface area contributed by atoms with Crippen molar-refractivity contribution in [3.05, 3.63) is 49.1 Å². The van der Waals surface area contributed by atoms with Gasteiger partial charge in [-0.1, -0.05) is 0 Å². The van der Waals surface area contributed by atoms with Crippen molar-refractivity contribution >= 4 is 20.9 Å². The van der Waals surface area contributed by atoms with Crippen LogP contribution in [0.1, 0.15) is 6.42 Å². The van der Waals surface area contributed by atoms with Gasteiger partial charge in [-0.2, -0.15) is 24.4 Å². The Morgan fingerprint density at radius 3 is 2.66 bits per heavy atom. The first-order chi connectivity index (χ1) is 16.5. The minimum absolute atomic E-state index is 0.0482. The molecule has 0 amide bonds. The van der Waals surface area contributed by atoms with Crippen LogP contribution in [0.5, 0.6) is 0 Å². The average Bonchev–Trinajstić information content (AvgIpc) is 3.44. The second-order valence-corrected chi connectivity index (χ2v) is 10.3. The molecular formula is C21H17F3N8O2S. The maximum atomic E-state index is 13.0. The molecule has 1 saturated heterocycles. The zero-order valence-electron chi connectivity index (χ0n) is 18.2. The van der Waals surface area contributed by atoms with E-state index >= 15 is 0 Å². The highest BCUT2D eigenvalue weighted by atomic mass is 32.2. The smallest absolute Gasteiger partial charge is 0.262 e. The molecule has 4 aromatic rings. The summed E-state index contributed by atoms with van der Waals surface area (Å²) in [4.78, 5) is 8.89. The molecule has 14 heteroatoms. The normalized spacial score (nSPS) is 16.2. The maximum Gasteiger partial charge on any atom is 0.504 e. The van der Waals surface area contributed by atoms with Crippen LogP contribution in [0.25, 0.3) is 33.5 Å². The number of nitriles is 1. The Bertz CT molecular complexity index is 1580. The van der Waals surface area contributed by atoms with Crippen LogP contribution in [0.15, 0.2) is 49.1 Å². The van der Waals surface area contributed by atoms with Crippen LogP contribution in [-0.2, 0) is 21.9 Å². The van der Waals surface area contributed by atoms with Crippen LogP contribution in [0.3, 0.4) is 0 Å². The van der Waals surface area contributed by atoms with E-state index < -0.39 is 21.9 Å². The Hall–Kier alpha value is -3.83. The third-order valence-electron chi connectivity index (χ3n) is 5.87. The number of alkyl halides is 3. The quantitative estimate of drug-likeness (QED) is 0.411. The lowest BCUT2D eigenvalue weighted by atomic mass is 9.89. The second kappa shape index (κ2) is 7.85. The summed E-state index contributed by atoms with van der Waals surface area (Å²) in [5.41, 5.74) is 0.851. The van der Waals surface area contributed by atoms with Crippen LogP contribution in [0.2, 0.25) is 0 Å². The predicted octanol–water partition coefficient (Wildman–Crippen LogP) is 2.72. The molecule has 4 aromatic heterocycles. The van der Waals surface area contributed by atoms with Crippen molar-refractivity contribution in [3.63, 3.8) is 0 Å². The molecule has 35 heavy (non-hydrogen) atoms. The molecule has 0 aliphatic carbocycles. The largest absolute Gasteiger partial charge is 0.504 e. The van der Waals surface area contributed by atoms with Crippen molar-refractivity contribution in [2.45, 2.75) is 18.3 Å². The number of hydrogen-bond acceptors (Lipinski definition) is 7. The van der Waals surface area contributed by atoms with E-state index in [9.17, 15) is 26.9 Å². The molecule has 0 aromatic carbocycles. The lowest BCUT2D eigenvalue weighted by Gasteiger charge is -2.47. The van der Waals surface area contributed by atoms with Crippen LogP contribution in [0, 0.1) is 11.3 Å². The molecule has 0 atom stereocenters. The SMILES string of the molecule is CS(=O)(=O)N1CC(CC#N)(n2ccc(-c3nc(-c4cnn(C(F)(F)F)c4)cc4ncccc34)n2)C1. The monoisotopic (exact) mass is 502 g/mol. The van der Waals surface area contributed by atoms with E-state index in [-0.39, 0.29) is 35.4 Å². The van der Waals surface area contributed by atoms with E-state index in [0.29, 0.717) is 22.3 Å². The Balaban J connectivity index is 1.58. The molecule has 1 fully saturated rings. The zero-order chi connectivity index (χ0) is 25.0. The molecule has 1 aliphatic heterocycles. The Morgan fingerprint density at radius 2 is 2.00 bits per heavy atom. The van der Waals surface area contributed by atoms with E-state index in [0.717, 1.165) is 18.6 Å². The summed E-state index contributed by atoms with van der Waals surface area (Å²) in [5.74, 6) is 0. The van der Waals surface area contributed by atoms with E-state index in [1.165, 1.54) is 4.31 Å². The maximum absolute atomic E-state index is 13.0. The zero-order valence-corrected chi connectivity index (χ0v) is 19.0. The number of pyridine rings is 2. The Labute approximate surface area is 197 Å². The number of nitrogens with zero attached hydrogens (tertiary/aromatic N) is 8. The van der Waals surface area contributed by atoms with Crippen molar-refractivity contribution < 1.29 is 21.6 Å². The first-order valence-corrected chi connectivity index (χ1v) is 12.1. The number of fused-ring (bicyclic) bond motifs is 1. The first kappa shape index (κ1) is 22.9. The Morgan fingerprint density at radius 1 is 1.23 bits per heavy atom. The van der Waals surface area contributed by atoms with Gasteiger partial charge in [0.2, 0.25) is 10.0 Å². The summed E-state index contributed by atoms with van der Waals surface area (Å²) < 4.78 is 65.5. The van der Waals surface area contributed by atoms with Crippen LogP contribution in [-0.4, -0.2) is 61.6 Å². The van der Waals surface area contributed by atoms with Crippen molar-refractivity contribution in [1.82, 2.24) is 33.8 Å². The van der Waals surface area contributed by atoms with Crippen LogP contribution in [0.4, 0.5) is 13.2 Å². The second-order valence-electron chi connectivity index (χ2n) is 8.30. The van der Waals surface area contributed by atoms with Crippen molar-refractivity contribution in [3.8, 4) is 28.7 Å². The van der Waals surface area contributed by atoms with E-state index in [1.54, 1.807) is 41.3 Å². The van der Waals surface area contributed by atoms with Gasteiger partial charge in [0.05, 0.1) is 36.2 Å². The summed E-state index contributed by atoms with van der Waals surface area (Å²) in [7, 11) is -3.41. The van der Waals surface area contributed by atoms with E-state index in [1.807, 2.05) is 0 Å². The highest BCUT2D eigenvalue weighted by molar-refractivity contribution is 7.88. The summed E-state index contributed by atoms with van der Waals surface area (Å²) in [5, 5.41) is 17.9. The summed E-state index contributed by atoms with van der Waals surface area (Å²) >= 11 is 0. The Kier molecular flexibility index (Phi) is 5.15. The molecule has 10 nitrogen and oxygen atoms in total. The number of sulfonamides is 1. The lowest BCUT2D eigenvalue weighted by molar-refractivity contribution is -0.212. The molecule has 5 rings (SSSR count). The molecule has 0 spiro atoms. The van der Waals surface area contributed by atoms with Crippen LogP contribution < -0.4 is 0 Å². The van der Waals surface area contributed by atoms with E-state index in [2.05, 4.69) is 26.2 Å². The van der Waals surface area contributed by atoms with Gasteiger partial charge in [0.1, 0.15) is 16.9 Å². The molecule has 0 radical (unpaired) electrons. The molecule has 180 valence electrons. The lowest BCUT2D eigenvalue weighted by Crippen LogP contribution is -2.63. The predicted molar refractivity (Wildman–Crippen MR) is 118 cm³/mol. The molecule has 0 saturated carbocycles. The fraction of sp³-hybridized carbons (Fsp3) is 0.286. The van der Waals surface area contributed by atoms with Gasteiger partial charge in [-0.15, -0.1) is 13.2 Å². The standard InChI is InChI=1S/C21H17F3N8O2S/c1-35(33,34)30-12-20(13-30,5-6-25)31-8-4-16(29-31)19-15-3-2-7-26-18(15)9-17(28-19)14-10-27-32(11-14)21(22,23)24/h2-4,7-11H,5,12-13H2,1H3. The van der Waals surface area contributed by atoms with Gasteiger partial charge in [0.15, 0.2) is 0 Å². The number of hydrogen-bond donors (Lipinski definition) is 0. The topological polar surface area (TPSA) is 123 Å². The fourth-order valence-corrected chi connectivity index (χ4v) is 5.01. The number of halogens is 3. The summed E-state index contributed by atoms with van der Waals surface area (Å²) in [6, 6.07) is 8.81. The van der Waals surface area contributed by atoms with Gasteiger partial charge in [-0.05, 0) is 24.3 Å². The fourth-order valence-electron chi connectivity index (χ4n) is 4.06. The average molecular weight is 502 g/mol. The van der Waals surface area contributed by atoms with Gasteiger partial charge < -0.3 is 0 Å². The van der Waals surface area contributed by atoms with Crippen LogP contribution >= 0.6 is 0 Å². The third-order valence-corrected chi connectivity index (χ3v) is 7.07. The van der Waals surface area contributed by atoms with Gasteiger partial charge in [0.25, 0.3) is 0 Å². The molecule has 1 aliphatic rings. The first-order valence-electron chi connectivity index (χ1n) is 10.3. The van der Waals surface area contributed by atoms with Gasteiger partial charge >= 0.3 is 6.30 Å². The van der Waals surface area contributed by atoms with E-state index in [4.69, 9.17) is 0 Å². The summed E-state index contributed by atoms with van der Waals surface area (Å²) in [6.45, 7) is 0.208. The molecule has 0 bridgehead atoms. The number of rotatable bonds is 5. The minimum Gasteiger partial charge on any atom is -0.262 e. The minimum atomic E-state index is -4.66. The van der Waals surface area contributed by atoms with Gasteiger partial charge in [-0.25, -0.2) is 13.4 Å². The molecular weight excluding hydrogens is 485 g/mol. The highest BCUT2D eigenvalue weighted by Crippen LogP contribution is 2.36. The number of aromatic nitrogens is 6. The third kappa shape index (κ3) is 4.02. The van der Waals surface area contributed by atoms with Gasteiger partial charge in [0, 0.05) is 42.6 Å². The molecule has 5 heterocycles.